The topological polar surface area (TPSA) is 60.9 Å². The molecule has 0 aliphatic carbocycles. The first-order valence-electron chi connectivity index (χ1n) is 9.63. The van der Waals surface area contributed by atoms with Crippen molar-refractivity contribution in [1.29, 1.82) is 0 Å². The number of rotatable bonds is 4. The molecule has 1 aromatic carbocycles. The molecule has 27 heavy (non-hydrogen) atoms. The lowest BCUT2D eigenvalue weighted by Crippen LogP contribution is -2.48. The summed E-state index contributed by atoms with van der Waals surface area (Å²) in [7, 11) is 0. The van der Waals surface area contributed by atoms with Gasteiger partial charge < -0.3 is 14.9 Å². The molecule has 2 atom stereocenters. The van der Waals surface area contributed by atoms with Crippen LogP contribution in [0.2, 0.25) is 5.02 Å². The van der Waals surface area contributed by atoms with Crippen molar-refractivity contribution in [2.75, 3.05) is 26.2 Å². The van der Waals surface area contributed by atoms with E-state index in [1.165, 1.54) is 6.08 Å². The fraction of sp³-hybridized carbons (Fsp3) is 0.524. The van der Waals surface area contributed by atoms with Gasteiger partial charge in [0, 0.05) is 31.2 Å². The van der Waals surface area contributed by atoms with Gasteiger partial charge in [-0.05, 0) is 55.4 Å². The van der Waals surface area contributed by atoms with Gasteiger partial charge in [0.2, 0.25) is 11.8 Å². The van der Waals surface area contributed by atoms with E-state index in [4.69, 9.17) is 11.6 Å². The van der Waals surface area contributed by atoms with Gasteiger partial charge >= 0.3 is 0 Å². The van der Waals surface area contributed by atoms with E-state index in [2.05, 4.69) is 6.58 Å². The van der Waals surface area contributed by atoms with Gasteiger partial charge in [-0.1, -0.05) is 30.3 Å². The number of carbonyl (C=O) groups is 2. The highest BCUT2D eigenvalue weighted by molar-refractivity contribution is 6.30. The van der Waals surface area contributed by atoms with E-state index < -0.39 is 6.10 Å². The second-order valence-corrected chi connectivity index (χ2v) is 7.92. The van der Waals surface area contributed by atoms with Crippen molar-refractivity contribution < 1.29 is 14.7 Å². The summed E-state index contributed by atoms with van der Waals surface area (Å²) < 4.78 is 0. The van der Waals surface area contributed by atoms with Crippen LogP contribution in [-0.4, -0.2) is 52.9 Å². The van der Waals surface area contributed by atoms with Gasteiger partial charge in [0.25, 0.3) is 0 Å². The Hall–Kier alpha value is -1.85. The van der Waals surface area contributed by atoms with Gasteiger partial charge in [-0.3, -0.25) is 9.59 Å². The number of hydrogen-bond donors (Lipinski definition) is 1. The molecule has 1 N–H and O–H groups in total. The number of aliphatic hydroxyl groups excluding tert-OH is 1. The Morgan fingerprint density at radius 3 is 2.41 bits per heavy atom. The number of benzene rings is 1. The summed E-state index contributed by atoms with van der Waals surface area (Å²) >= 11 is 5.91. The molecular formula is C21H27ClN2O3. The molecular weight excluding hydrogens is 364 g/mol. The van der Waals surface area contributed by atoms with Crippen molar-refractivity contribution in [2.24, 2.45) is 11.8 Å². The Bertz CT molecular complexity index is 683. The van der Waals surface area contributed by atoms with Crippen LogP contribution in [0.5, 0.6) is 0 Å². The average molecular weight is 391 g/mol. The predicted molar refractivity (Wildman–Crippen MR) is 105 cm³/mol. The number of aliphatic hydroxyl groups is 1. The molecule has 2 amide bonds. The van der Waals surface area contributed by atoms with Gasteiger partial charge in [-0.2, -0.15) is 0 Å². The normalized spacial score (nSPS) is 22.4. The lowest BCUT2D eigenvalue weighted by atomic mass is 9.86. The van der Waals surface area contributed by atoms with Crippen LogP contribution in [0.4, 0.5) is 0 Å². The molecule has 6 heteroatoms. The van der Waals surface area contributed by atoms with E-state index in [1.54, 1.807) is 17.0 Å². The van der Waals surface area contributed by atoms with E-state index >= 15 is 0 Å². The van der Waals surface area contributed by atoms with Crippen molar-refractivity contribution in [2.45, 2.75) is 31.8 Å². The lowest BCUT2D eigenvalue weighted by molar-refractivity contribution is -0.141. The summed E-state index contributed by atoms with van der Waals surface area (Å²) in [4.78, 5) is 28.3. The molecule has 146 valence electrons. The van der Waals surface area contributed by atoms with Crippen molar-refractivity contribution >= 4 is 23.4 Å². The largest absolute Gasteiger partial charge is 0.388 e. The molecule has 2 aliphatic heterocycles. The Morgan fingerprint density at radius 2 is 1.78 bits per heavy atom. The fourth-order valence-corrected chi connectivity index (χ4v) is 4.26. The van der Waals surface area contributed by atoms with Crippen LogP contribution in [0.3, 0.4) is 0 Å². The van der Waals surface area contributed by atoms with Crippen molar-refractivity contribution in [1.82, 2.24) is 9.80 Å². The third kappa shape index (κ3) is 4.71. The molecule has 2 saturated heterocycles. The standard InChI is InChI=1S/C21H27ClN2O3/c1-2-19(25)24-11-3-4-17(14-24)21(27)23-12-9-16(10-13-23)20(26)15-5-7-18(22)8-6-15/h2,5-8,16-17,20,26H,1,3-4,9-14H2. The zero-order valence-corrected chi connectivity index (χ0v) is 16.3. The molecule has 3 rings (SSSR count). The average Bonchev–Trinajstić information content (AvgIpc) is 2.73. The highest BCUT2D eigenvalue weighted by atomic mass is 35.5. The van der Waals surface area contributed by atoms with E-state index in [9.17, 15) is 14.7 Å². The van der Waals surface area contributed by atoms with E-state index in [1.807, 2.05) is 17.0 Å². The van der Waals surface area contributed by atoms with Gasteiger partial charge in [-0.15, -0.1) is 0 Å². The molecule has 1 aromatic rings. The van der Waals surface area contributed by atoms with Crippen LogP contribution >= 0.6 is 11.6 Å². The molecule has 0 bridgehead atoms. The quantitative estimate of drug-likeness (QED) is 0.804. The Kier molecular flexibility index (Phi) is 6.55. The SMILES string of the molecule is C=CC(=O)N1CCCC(C(=O)N2CCC(C(O)c3ccc(Cl)cc3)CC2)C1. The Balaban J connectivity index is 1.53. The highest BCUT2D eigenvalue weighted by Crippen LogP contribution is 2.32. The second-order valence-electron chi connectivity index (χ2n) is 7.49. The first-order chi connectivity index (χ1) is 13.0. The van der Waals surface area contributed by atoms with Crippen molar-refractivity contribution in [3.8, 4) is 0 Å². The predicted octanol–water partition coefficient (Wildman–Crippen LogP) is 3.04. The lowest BCUT2D eigenvalue weighted by Gasteiger charge is -2.38. The number of hydrogen-bond acceptors (Lipinski definition) is 3. The zero-order chi connectivity index (χ0) is 19.4. The molecule has 2 heterocycles. The van der Waals surface area contributed by atoms with E-state index in [-0.39, 0.29) is 23.7 Å². The minimum Gasteiger partial charge on any atom is -0.388 e. The minimum atomic E-state index is -0.532. The van der Waals surface area contributed by atoms with Gasteiger partial charge in [-0.25, -0.2) is 0 Å². The zero-order valence-electron chi connectivity index (χ0n) is 15.5. The van der Waals surface area contributed by atoms with Gasteiger partial charge in [0.05, 0.1) is 12.0 Å². The maximum atomic E-state index is 12.9. The Labute approximate surface area is 165 Å². The van der Waals surface area contributed by atoms with Crippen LogP contribution in [0.15, 0.2) is 36.9 Å². The van der Waals surface area contributed by atoms with Crippen LogP contribution in [-0.2, 0) is 9.59 Å². The van der Waals surface area contributed by atoms with Crippen LogP contribution < -0.4 is 0 Å². The van der Waals surface area contributed by atoms with E-state index in [0.717, 1.165) is 31.2 Å². The summed E-state index contributed by atoms with van der Waals surface area (Å²) in [6, 6.07) is 7.30. The van der Waals surface area contributed by atoms with Crippen LogP contribution in [0.25, 0.3) is 0 Å². The first kappa shape index (κ1) is 19.9. The van der Waals surface area contributed by atoms with Crippen LogP contribution in [0, 0.1) is 11.8 Å². The number of likely N-dealkylation sites (tertiary alicyclic amines) is 2. The number of nitrogens with zero attached hydrogens (tertiary/aromatic N) is 2. The van der Waals surface area contributed by atoms with Crippen LogP contribution in [0.1, 0.15) is 37.4 Å². The molecule has 2 unspecified atom stereocenters. The summed E-state index contributed by atoms with van der Waals surface area (Å²) in [5.74, 6) is 0.0501. The summed E-state index contributed by atoms with van der Waals surface area (Å²) in [6.07, 6.45) is 4.01. The molecule has 0 spiro atoms. The molecule has 0 saturated carbocycles. The molecule has 0 radical (unpaired) electrons. The molecule has 2 fully saturated rings. The number of amides is 2. The maximum absolute atomic E-state index is 12.9. The fourth-order valence-electron chi connectivity index (χ4n) is 4.13. The molecule has 2 aliphatic rings. The van der Waals surface area contributed by atoms with Crippen molar-refractivity contribution in [3.63, 3.8) is 0 Å². The third-order valence-electron chi connectivity index (χ3n) is 5.77. The van der Waals surface area contributed by atoms with Gasteiger partial charge in [0.1, 0.15) is 0 Å². The minimum absolute atomic E-state index is 0.0997. The summed E-state index contributed by atoms with van der Waals surface area (Å²) in [5, 5.41) is 11.3. The monoisotopic (exact) mass is 390 g/mol. The number of carbonyl (C=O) groups excluding carboxylic acids is 2. The van der Waals surface area contributed by atoms with E-state index in [0.29, 0.717) is 31.2 Å². The first-order valence-corrected chi connectivity index (χ1v) is 10.0. The van der Waals surface area contributed by atoms with Crippen molar-refractivity contribution in [3.05, 3.63) is 47.5 Å². The summed E-state index contributed by atoms with van der Waals surface area (Å²) in [5.41, 5.74) is 0.870. The summed E-state index contributed by atoms with van der Waals surface area (Å²) in [6.45, 7) is 6.02. The number of piperidine rings is 2. The maximum Gasteiger partial charge on any atom is 0.245 e. The Morgan fingerprint density at radius 1 is 1.11 bits per heavy atom. The van der Waals surface area contributed by atoms with Gasteiger partial charge in [0.15, 0.2) is 0 Å². The smallest absolute Gasteiger partial charge is 0.245 e. The highest BCUT2D eigenvalue weighted by Gasteiger charge is 2.34. The molecule has 0 aromatic heterocycles. The second kappa shape index (κ2) is 8.89. The molecule has 5 nitrogen and oxygen atoms in total. The number of halogens is 1. The third-order valence-corrected chi connectivity index (χ3v) is 6.02.